The van der Waals surface area contributed by atoms with Crippen LogP contribution in [-0.4, -0.2) is 7.11 Å². The Morgan fingerprint density at radius 1 is 0.450 bits per heavy atom. The zero-order valence-corrected chi connectivity index (χ0v) is 39.1. The number of ether oxygens (including phenoxy) is 1. The number of rotatable bonds is 23. The van der Waals surface area contributed by atoms with Gasteiger partial charge in [-0.05, 0) is 136 Å². The van der Waals surface area contributed by atoms with Gasteiger partial charge in [-0.15, -0.1) is 0 Å². The van der Waals surface area contributed by atoms with Gasteiger partial charge in [-0.25, -0.2) is 0 Å². The van der Waals surface area contributed by atoms with E-state index in [1.54, 1.807) is 18.2 Å². The van der Waals surface area contributed by atoms with Crippen LogP contribution < -0.4 is 9.64 Å². The molecule has 0 spiro atoms. The first-order chi connectivity index (χ1) is 29.0. The largest absolute Gasteiger partial charge is 0.497 e. The van der Waals surface area contributed by atoms with Crippen molar-refractivity contribution < 1.29 is 4.74 Å². The third-order valence-corrected chi connectivity index (χ3v) is 14.5. The Balaban J connectivity index is 1.40. The molecule has 0 amide bonds. The molecule has 0 aliphatic heterocycles. The molecule has 5 aromatic carbocycles. The van der Waals surface area contributed by atoms with Crippen molar-refractivity contribution in [3.63, 3.8) is 0 Å². The molecule has 1 aliphatic rings. The standard InChI is InChI=1S/C58H77NO/c1-10-14-16-18-20-22-40-58(41-23-21-19-17-15-11-2)54-42-45(26-38-52(54)53-39-29-47(43-55(53)58)57(7,8)13-4)44-24-30-48(31-25-44)59(50-34-36-51(60-9)37-35-50)49-32-27-46(28-33-49)56(5,6)12-3/h24-39,42-43H,10-23,40-41H2,1-9H3. The van der Waals surface area contributed by atoms with Gasteiger partial charge < -0.3 is 9.64 Å². The molecule has 0 saturated carbocycles. The highest BCUT2D eigenvalue weighted by atomic mass is 16.5. The highest BCUT2D eigenvalue weighted by Gasteiger charge is 2.43. The molecule has 60 heavy (non-hydrogen) atoms. The van der Waals surface area contributed by atoms with Crippen LogP contribution >= 0.6 is 0 Å². The minimum Gasteiger partial charge on any atom is -0.497 e. The molecule has 0 N–H and O–H groups in total. The Hall–Kier alpha value is -4.30. The summed E-state index contributed by atoms with van der Waals surface area (Å²) < 4.78 is 5.55. The van der Waals surface area contributed by atoms with Crippen LogP contribution in [0.25, 0.3) is 22.3 Å². The van der Waals surface area contributed by atoms with Crippen LogP contribution in [0.2, 0.25) is 0 Å². The lowest BCUT2D eigenvalue weighted by molar-refractivity contribution is 0.396. The van der Waals surface area contributed by atoms with Gasteiger partial charge in [0.05, 0.1) is 7.11 Å². The van der Waals surface area contributed by atoms with Gasteiger partial charge in [-0.2, -0.15) is 0 Å². The summed E-state index contributed by atoms with van der Waals surface area (Å²) in [6, 6.07) is 42.0. The van der Waals surface area contributed by atoms with Crippen molar-refractivity contribution >= 4 is 17.1 Å². The second kappa shape index (κ2) is 20.5. The number of nitrogens with zero attached hydrogens (tertiary/aromatic N) is 1. The summed E-state index contributed by atoms with van der Waals surface area (Å²) in [6.45, 7) is 18.8. The smallest absolute Gasteiger partial charge is 0.119 e. The zero-order chi connectivity index (χ0) is 42.8. The Kier molecular flexibility index (Phi) is 15.5. The topological polar surface area (TPSA) is 12.5 Å². The van der Waals surface area contributed by atoms with Crippen molar-refractivity contribution in [2.24, 2.45) is 0 Å². The van der Waals surface area contributed by atoms with Gasteiger partial charge in [0.1, 0.15) is 5.75 Å². The van der Waals surface area contributed by atoms with E-state index in [2.05, 4.69) is 169 Å². The SMILES string of the molecule is CCCCCCCCC1(CCCCCCCC)c2cc(-c3ccc(N(c4ccc(OC)cc4)c4ccc(C(C)(C)CC)cc4)cc3)ccc2-c2ccc(C(C)(C)CC)cc21. The van der Waals surface area contributed by atoms with Crippen LogP contribution in [0.4, 0.5) is 17.1 Å². The van der Waals surface area contributed by atoms with E-state index in [1.165, 1.54) is 123 Å². The molecule has 5 aromatic rings. The third kappa shape index (κ3) is 10.1. The number of anilines is 3. The van der Waals surface area contributed by atoms with E-state index in [9.17, 15) is 0 Å². The normalized spacial score (nSPS) is 13.3. The zero-order valence-electron chi connectivity index (χ0n) is 39.1. The lowest BCUT2D eigenvalue weighted by Gasteiger charge is -2.34. The highest BCUT2D eigenvalue weighted by molar-refractivity contribution is 5.85. The number of hydrogen-bond donors (Lipinski definition) is 0. The lowest BCUT2D eigenvalue weighted by Crippen LogP contribution is -2.26. The average Bonchev–Trinajstić information content (AvgIpc) is 3.54. The fourth-order valence-corrected chi connectivity index (χ4v) is 9.62. The third-order valence-electron chi connectivity index (χ3n) is 14.5. The van der Waals surface area contributed by atoms with Crippen molar-refractivity contribution in [2.45, 2.75) is 174 Å². The molecule has 2 nitrogen and oxygen atoms in total. The Morgan fingerprint density at radius 2 is 0.867 bits per heavy atom. The van der Waals surface area contributed by atoms with Gasteiger partial charge in [0.15, 0.2) is 0 Å². The van der Waals surface area contributed by atoms with Gasteiger partial charge in [-0.3, -0.25) is 0 Å². The van der Waals surface area contributed by atoms with Crippen LogP contribution in [-0.2, 0) is 16.2 Å². The van der Waals surface area contributed by atoms with Gasteiger partial charge in [0, 0.05) is 22.5 Å². The van der Waals surface area contributed by atoms with E-state index in [-0.39, 0.29) is 16.2 Å². The number of methoxy groups -OCH3 is 1. The van der Waals surface area contributed by atoms with E-state index < -0.39 is 0 Å². The fourth-order valence-electron chi connectivity index (χ4n) is 9.62. The molecule has 6 rings (SSSR count). The first-order valence-electron chi connectivity index (χ1n) is 24.0. The quantitative estimate of drug-likeness (QED) is 0.0610. The van der Waals surface area contributed by atoms with E-state index in [4.69, 9.17) is 4.74 Å². The molecule has 0 bridgehead atoms. The second-order valence-electron chi connectivity index (χ2n) is 19.2. The van der Waals surface area contributed by atoms with E-state index >= 15 is 0 Å². The molecule has 0 heterocycles. The highest BCUT2D eigenvalue weighted by Crippen LogP contribution is 2.56. The van der Waals surface area contributed by atoms with Crippen LogP contribution in [0.3, 0.4) is 0 Å². The average molecular weight is 804 g/mol. The van der Waals surface area contributed by atoms with E-state index in [0.717, 1.165) is 35.7 Å². The molecular formula is C58H77NO. The molecule has 0 saturated heterocycles. The Morgan fingerprint density at radius 3 is 1.38 bits per heavy atom. The number of unbranched alkanes of at least 4 members (excludes halogenated alkanes) is 10. The van der Waals surface area contributed by atoms with Gasteiger partial charge in [0.25, 0.3) is 0 Å². The van der Waals surface area contributed by atoms with Crippen LogP contribution in [0.5, 0.6) is 5.75 Å². The lowest BCUT2D eigenvalue weighted by atomic mass is 9.69. The van der Waals surface area contributed by atoms with Gasteiger partial charge in [0.2, 0.25) is 0 Å². The Bertz CT molecular complexity index is 2070. The first-order valence-corrected chi connectivity index (χ1v) is 24.0. The number of benzene rings is 5. The summed E-state index contributed by atoms with van der Waals surface area (Å²) in [7, 11) is 1.73. The minimum absolute atomic E-state index is 0.0413. The van der Waals surface area contributed by atoms with Crippen molar-refractivity contribution in [1.82, 2.24) is 0 Å². The summed E-state index contributed by atoms with van der Waals surface area (Å²) in [5, 5.41) is 0. The van der Waals surface area contributed by atoms with Crippen molar-refractivity contribution in [1.29, 1.82) is 0 Å². The molecule has 0 atom stereocenters. The van der Waals surface area contributed by atoms with Crippen molar-refractivity contribution in [2.75, 3.05) is 12.0 Å². The molecule has 0 radical (unpaired) electrons. The maximum absolute atomic E-state index is 5.55. The molecule has 0 fully saturated rings. The van der Waals surface area contributed by atoms with Crippen LogP contribution in [0.15, 0.2) is 109 Å². The van der Waals surface area contributed by atoms with Gasteiger partial charge in [-0.1, -0.05) is 187 Å². The minimum atomic E-state index is 0.0413. The molecule has 0 aromatic heterocycles. The predicted molar refractivity (Wildman–Crippen MR) is 262 cm³/mol. The molecule has 320 valence electrons. The summed E-state index contributed by atoms with van der Waals surface area (Å²) in [6.07, 6.45) is 20.7. The monoisotopic (exact) mass is 804 g/mol. The number of hydrogen-bond acceptors (Lipinski definition) is 2. The summed E-state index contributed by atoms with van der Waals surface area (Å²) in [5.74, 6) is 0.863. The maximum atomic E-state index is 5.55. The number of fused-ring (bicyclic) bond motifs is 3. The Labute approximate surface area is 366 Å². The van der Waals surface area contributed by atoms with Crippen molar-refractivity contribution in [3.8, 4) is 28.0 Å². The predicted octanol–water partition coefficient (Wildman–Crippen LogP) is 18.0. The maximum Gasteiger partial charge on any atom is 0.119 e. The second-order valence-corrected chi connectivity index (χ2v) is 19.2. The van der Waals surface area contributed by atoms with Crippen LogP contribution in [0.1, 0.15) is 180 Å². The molecular weight excluding hydrogens is 727 g/mol. The first kappa shape index (κ1) is 45.2. The molecule has 2 heteroatoms. The van der Waals surface area contributed by atoms with E-state index in [0.29, 0.717) is 0 Å². The van der Waals surface area contributed by atoms with Crippen LogP contribution in [0, 0.1) is 0 Å². The molecule has 1 aliphatic carbocycles. The fraction of sp³-hybridized carbons (Fsp3) is 0.483. The van der Waals surface area contributed by atoms with Gasteiger partial charge >= 0.3 is 0 Å². The van der Waals surface area contributed by atoms with E-state index in [1.807, 2.05) is 0 Å². The molecule has 0 unspecified atom stereocenters. The summed E-state index contributed by atoms with van der Waals surface area (Å²) in [5.41, 5.74) is 15.3. The summed E-state index contributed by atoms with van der Waals surface area (Å²) in [4.78, 5) is 2.37. The van der Waals surface area contributed by atoms with Crippen molar-refractivity contribution in [3.05, 3.63) is 131 Å². The summed E-state index contributed by atoms with van der Waals surface area (Å²) >= 11 is 0.